The van der Waals surface area contributed by atoms with E-state index in [2.05, 4.69) is 12.6 Å². The van der Waals surface area contributed by atoms with Gasteiger partial charge in [0.1, 0.15) is 6.04 Å². The first-order valence-corrected chi connectivity index (χ1v) is 4.92. The van der Waals surface area contributed by atoms with E-state index in [1.165, 1.54) is 0 Å². The maximum Gasteiger partial charge on any atom is 0.321 e. The number of nitrogens with two attached hydrogens (primary N) is 1. The van der Waals surface area contributed by atoms with E-state index in [0.717, 1.165) is 0 Å². The summed E-state index contributed by atoms with van der Waals surface area (Å²) in [5, 5.41) is 8.01. The van der Waals surface area contributed by atoms with E-state index in [9.17, 15) is 9.59 Å². The average Bonchev–Trinajstić information content (AvgIpc) is 2.16. The number of carbonyl (C=O) groups is 2. The van der Waals surface area contributed by atoms with Crippen LogP contribution in [0.25, 0.3) is 0 Å². The fourth-order valence-electron chi connectivity index (χ4n) is 0.114. The molecule has 78 valence electrons. The van der Waals surface area contributed by atoms with E-state index in [-0.39, 0.29) is 23.3 Å². The summed E-state index contributed by atoms with van der Waals surface area (Å²) in [5.41, 5.74) is 4.94. The lowest BCUT2D eigenvalue weighted by Gasteiger charge is -1.96. The summed E-state index contributed by atoms with van der Waals surface area (Å²) < 4.78 is 0. The Kier molecular flexibility index (Phi) is 12.1. The Labute approximate surface area is 91.8 Å². The molecule has 0 saturated heterocycles. The first-order valence-electron chi connectivity index (χ1n) is 3.22. The highest BCUT2D eigenvalue weighted by Gasteiger charge is 2.06. The minimum atomic E-state index is -1.00. The highest BCUT2D eigenvalue weighted by molar-refractivity contribution is 7.80. The normalized spacial score (nSPS) is 11.1. The molecule has 1 atom stereocenters. The molecular weight excluding hydrogens is 237 g/mol. The summed E-state index contributed by atoms with van der Waals surface area (Å²) >= 11 is 13.7. The molecule has 0 fully saturated rings. The SMILES string of the molecule is NC(CS)C(=O)O.O=C(CCl)CCl. The van der Waals surface area contributed by atoms with Gasteiger partial charge in [0.2, 0.25) is 0 Å². The van der Waals surface area contributed by atoms with Crippen molar-refractivity contribution < 1.29 is 14.7 Å². The Morgan fingerprint density at radius 1 is 1.38 bits per heavy atom. The Morgan fingerprint density at radius 3 is 1.77 bits per heavy atom. The van der Waals surface area contributed by atoms with Gasteiger partial charge in [0.25, 0.3) is 0 Å². The summed E-state index contributed by atoms with van der Waals surface area (Å²) in [6.07, 6.45) is 0. The number of aliphatic carboxylic acids is 1. The molecule has 0 radical (unpaired) electrons. The predicted octanol–water partition coefficient (Wildman–Crippen LogP) is 0.361. The van der Waals surface area contributed by atoms with Crippen LogP contribution >= 0.6 is 35.8 Å². The van der Waals surface area contributed by atoms with Gasteiger partial charge >= 0.3 is 5.97 Å². The van der Waals surface area contributed by atoms with Gasteiger partial charge in [-0.15, -0.1) is 23.2 Å². The third kappa shape index (κ3) is 12.0. The van der Waals surface area contributed by atoms with Crippen molar-refractivity contribution in [1.82, 2.24) is 0 Å². The number of carboxylic acids is 1. The molecule has 0 aliphatic rings. The quantitative estimate of drug-likeness (QED) is 0.495. The van der Waals surface area contributed by atoms with Crippen molar-refractivity contribution in [1.29, 1.82) is 0 Å². The van der Waals surface area contributed by atoms with Crippen molar-refractivity contribution in [3.8, 4) is 0 Å². The van der Waals surface area contributed by atoms with Crippen LogP contribution in [0.4, 0.5) is 0 Å². The van der Waals surface area contributed by atoms with E-state index in [4.69, 9.17) is 34.0 Å². The van der Waals surface area contributed by atoms with Gasteiger partial charge in [0.15, 0.2) is 5.78 Å². The molecule has 0 aromatic heterocycles. The molecule has 1 unspecified atom stereocenters. The molecule has 0 aromatic rings. The lowest BCUT2D eigenvalue weighted by atomic mass is 10.4. The largest absolute Gasteiger partial charge is 0.480 e. The van der Waals surface area contributed by atoms with Gasteiger partial charge in [0.05, 0.1) is 11.8 Å². The second-order valence-corrected chi connectivity index (χ2v) is 2.83. The lowest BCUT2D eigenvalue weighted by Crippen LogP contribution is -2.31. The number of Topliss-reactive ketones (excluding diaryl/α,β-unsaturated/α-hetero) is 1. The number of carbonyl (C=O) groups excluding carboxylic acids is 1. The van der Waals surface area contributed by atoms with Crippen LogP contribution in [0.3, 0.4) is 0 Å². The van der Waals surface area contributed by atoms with Gasteiger partial charge in [-0.3, -0.25) is 9.59 Å². The predicted molar refractivity (Wildman–Crippen MR) is 55.9 cm³/mol. The molecule has 7 heteroatoms. The summed E-state index contributed by atoms with van der Waals surface area (Å²) in [6.45, 7) is 0. The molecule has 0 saturated carbocycles. The third-order valence-electron chi connectivity index (χ3n) is 0.812. The Hall–Kier alpha value is 0.0300. The van der Waals surface area contributed by atoms with Crippen LogP contribution in [-0.4, -0.2) is 40.4 Å². The van der Waals surface area contributed by atoms with Gasteiger partial charge in [-0.25, -0.2) is 0 Å². The fourth-order valence-corrected chi connectivity index (χ4v) is 0.556. The number of hydrogen-bond donors (Lipinski definition) is 3. The van der Waals surface area contributed by atoms with Crippen LogP contribution in [0, 0.1) is 0 Å². The van der Waals surface area contributed by atoms with Crippen LogP contribution in [0.15, 0.2) is 0 Å². The van der Waals surface area contributed by atoms with Crippen molar-refractivity contribution in [3.05, 3.63) is 0 Å². The number of alkyl halides is 2. The van der Waals surface area contributed by atoms with Crippen LogP contribution in [0.2, 0.25) is 0 Å². The summed E-state index contributed by atoms with van der Waals surface area (Å²) in [6, 6.07) is -0.816. The zero-order valence-electron chi connectivity index (χ0n) is 6.74. The Balaban J connectivity index is 0. The molecule has 0 aliphatic carbocycles. The Bertz CT molecular complexity index is 162. The molecule has 0 aromatic carbocycles. The second kappa shape index (κ2) is 10.1. The lowest BCUT2D eigenvalue weighted by molar-refractivity contribution is -0.137. The zero-order valence-corrected chi connectivity index (χ0v) is 9.15. The van der Waals surface area contributed by atoms with Crippen molar-refractivity contribution >= 4 is 47.6 Å². The monoisotopic (exact) mass is 247 g/mol. The van der Waals surface area contributed by atoms with Crippen LogP contribution in [0.5, 0.6) is 0 Å². The first-order chi connectivity index (χ1) is 5.99. The average molecular weight is 248 g/mol. The maximum absolute atomic E-state index is 9.92. The van der Waals surface area contributed by atoms with Crippen molar-refractivity contribution in [2.45, 2.75) is 6.04 Å². The van der Waals surface area contributed by atoms with Gasteiger partial charge < -0.3 is 10.8 Å². The first kappa shape index (κ1) is 15.5. The van der Waals surface area contributed by atoms with Gasteiger partial charge in [-0.05, 0) is 0 Å². The topological polar surface area (TPSA) is 80.4 Å². The van der Waals surface area contributed by atoms with E-state index >= 15 is 0 Å². The maximum atomic E-state index is 9.92. The highest BCUT2D eigenvalue weighted by Crippen LogP contribution is 1.80. The number of hydrogen-bond acceptors (Lipinski definition) is 4. The van der Waals surface area contributed by atoms with E-state index < -0.39 is 12.0 Å². The molecule has 4 nitrogen and oxygen atoms in total. The molecule has 3 N–H and O–H groups in total. The molecule has 0 rings (SSSR count). The molecule has 0 heterocycles. The van der Waals surface area contributed by atoms with Crippen LogP contribution in [-0.2, 0) is 9.59 Å². The minimum absolute atomic E-state index is 0.0312. The van der Waals surface area contributed by atoms with Crippen molar-refractivity contribution in [3.63, 3.8) is 0 Å². The van der Waals surface area contributed by atoms with Crippen LogP contribution < -0.4 is 5.73 Å². The molecule has 0 aliphatic heterocycles. The highest BCUT2D eigenvalue weighted by atomic mass is 35.5. The number of ketones is 1. The minimum Gasteiger partial charge on any atom is -0.480 e. The fraction of sp³-hybridized carbons (Fsp3) is 0.667. The van der Waals surface area contributed by atoms with Gasteiger partial charge in [-0.2, -0.15) is 12.6 Å². The van der Waals surface area contributed by atoms with Crippen molar-refractivity contribution in [2.75, 3.05) is 17.5 Å². The number of rotatable bonds is 4. The summed E-state index contributed by atoms with van der Waals surface area (Å²) in [7, 11) is 0. The summed E-state index contributed by atoms with van der Waals surface area (Å²) in [4.78, 5) is 19.7. The van der Waals surface area contributed by atoms with E-state index in [0.29, 0.717) is 0 Å². The van der Waals surface area contributed by atoms with Gasteiger partial charge in [-0.1, -0.05) is 0 Å². The second-order valence-electron chi connectivity index (χ2n) is 1.93. The Morgan fingerprint density at radius 2 is 1.77 bits per heavy atom. The molecule has 0 spiro atoms. The molecule has 13 heavy (non-hydrogen) atoms. The summed E-state index contributed by atoms with van der Waals surface area (Å²) in [5.74, 6) is -0.879. The van der Waals surface area contributed by atoms with E-state index in [1.807, 2.05) is 0 Å². The number of halogens is 2. The molecule has 0 bridgehead atoms. The number of thiol groups is 1. The van der Waals surface area contributed by atoms with E-state index in [1.54, 1.807) is 0 Å². The number of carboxylic acid groups (broad SMARTS) is 1. The molecular formula is C6H11Cl2NO3S. The zero-order chi connectivity index (χ0) is 10.9. The molecule has 0 amide bonds. The van der Waals surface area contributed by atoms with Gasteiger partial charge in [0, 0.05) is 5.75 Å². The standard InChI is InChI=1S/C3H4Cl2O.C3H7NO2S/c4-1-3(6)2-5;4-2(1-7)3(5)6/h1-2H2;2,7H,1,4H2,(H,5,6). The van der Waals surface area contributed by atoms with Crippen LogP contribution in [0.1, 0.15) is 0 Å². The smallest absolute Gasteiger partial charge is 0.321 e. The third-order valence-corrected chi connectivity index (χ3v) is 1.80. The van der Waals surface area contributed by atoms with Crippen molar-refractivity contribution in [2.24, 2.45) is 5.73 Å².